The molecule has 0 amide bonds. The van der Waals surface area contributed by atoms with Crippen molar-refractivity contribution in [3.05, 3.63) is 163 Å². The predicted molar refractivity (Wildman–Crippen MR) is 240 cm³/mol. The van der Waals surface area contributed by atoms with Crippen molar-refractivity contribution >= 4 is 29.2 Å². The summed E-state index contributed by atoms with van der Waals surface area (Å²) in [6.07, 6.45) is 6.96. The van der Waals surface area contributed by atoms with Crippen molar-refractivity contribution in [2.75, 3.05) is 0 Å². The molecule has 11 nitrogen and oxygen atoms in total. The van der Waals surface area contributed by atoms with Gasteiger partial charge in [-0.2, -0.15) is 10.5 Å². The zero-order valence-electron chi connectivity index (χ0n) is 35.2. The number of aliphatic hydroxyl groups excluding tert-OH is 1. The summed E-state index contributed by atoms with van der Waals surface area (Å²) in [5, 5.41) is 38.6. The molecule has 0 saturated carbocycles. The number of aryl methyl sites for hydroxylation is 2. The third-order valence-corrected chi connectivity index (χ3v) is 11.2. The van der Waals surface area contributed by atoms with Gasteiger partial charge in [0.15, 0.2) is 0 Å². The number of hydrogen-bond donors (Lipinski definition) is 2. The van der Waals surface area contributed by atoms with Crippen LogP contribution >= 0.6 is 23.2 Å². The van der Waals surface area contributed by atoms with Crippen LogP contribution in [-0.2, 0) is 44.1 Å². The number of carbonyl (C=O) groups is 1. The molecular formula is C50H46Cl2N4O7. The molecule has 0 aliphatic heterocycles. The number of ether oxygens (including phenoxy) is 4. The number of carboxylic acid groups (broad SMARTS) is 1. The number of carboxylic acids is 1. The summed E-state index contributed by atoms with van der Waals surface area (Å²) in [4.78, 5) is 19.3. The number of aliphatic hydroxyl groups is 1. The Labute approximate surface area is 377 Å². The summed E-state index contributed by atoms with van der Waals surface area (Å²) in [6, 6.07) is 27.0. The number of aromatic nitrogens is 2. The molecule has 4 aromatic carbocycles. The lowest BCUT2D eigenvalue weighted by Gasteiger charge is -2.19. The Balaban J connectivity index is 1.17. The molecule has 0 bridgehead atoms. The maximum Gasteiger partial charge on any atom is 0.305 e. The second-order valence-corrected chi connectivity index (χ2v) is 15.8. The number of halogens is 2. The molecule has 2 aromatic heterocycles. The molecule has 322 valence electrons. The molecule has 6 aromatic rings. The summed E-state index contributed by atoms with van der Waals surface area (Å²) in [5.74, 6) is 1.00. The maximum atomic E-state index is 11.1. The fourth-order valence-corrected chi connectivity index (χ4v) is 7.58. The number of nitriles is 2. The van der Waals surface area contributed by atoms with Gasteiger partial charge in [0.2, 0.25) is 0 Å². The fraction of sp³-hybridized carbons (Fsp3) is 0.260. The molecule has 2 heterocycles. The molecule has 0 fully saturated rings. The molecule has 2 N–H and O–H groups in total. The van der Waals surface area contributed by atoms with Crippen molar-refractivity contribution in [2.45, 2.75) is 85.4 Å². The minimum absolute atomic E-state index is 0.134. The van der Waals surface area contributed by atoms with Crippen LogP contribution < -0.4 is 18.9 Å². The molecule has 63 heavy (non-hydrogen) atoms. The minimum atomic E-state index is -1.06. The van der Waals surface area contributed by atoms with E-state index in [0.717, 1.165) is 50.1 Å². The summed E-state index contributed by atoms with van der Waals surface area (Å²) in [6.45, 7) is 7.00. The van der Waals surface area contributed by atoms with Gasteiger partial charge in [0.1, 0.15) is 61.6 Å². The van der Waals surface area contributed by atoms with E-state index in [2.05, 4.69) is 48.1 Å². The van der Waals surface area contributed by atoms with E-state index in [0.29, 0.717) is 75.4 Å². The van der Waals surface area contributed by atoms with Crippen LogP contribution in [0.4, 0.5) is 0 Å². The standard InChI is InChI=1S/C50H46Cl2N4O7/c1-4-37-16-44(51)48(19-46(37)60-27-35-14-33(21-53)23-55-25-35)62-29-39-9-6-12-42(31(39)2)43-13-7-10-40(32(43)3)30-63-49-20-47(61-28-36-15-34(22-54)24-56-26-36)38(17-45(49)52)8-5-11-41(57)18-50(58)59/h6-7,9-10,12-17,19-20,23-26,41,57H,4-5,8,11,18,27-30H2,1-3H3,(H,58,59). The van der Waals surface area contributed by atoms with Crippen LogP contribution in [0.1, 0.15) is 81.8 Å². The number of aliphatic carboxylic acids is 1. The first-order chi connectivity index (χ1) is 30.5. The highest BCUT2D eigenvalue weighted by molar-refractivity contribution is 6.32. The van der Waals surface area contributed by atoms with Gasteiger partial charge < -0.3 is 29.2 Å². The van der Waals surface area contributed by atoms with Crippen LogP contribution in [0.5, 0.6) is 23.0 Å². The van der Waals surface area contributed by atoms with E-state index in [-0.39, 0.29) is 32.8 Å². The minimum Gasteiger partial charge on any atom is -0.488 e. The summed E-state index contributed by atoms with van der Waals surface area (Å²) < 4.78 is 25.1. The van der Waals surface area contributed by atoms with Crippen molar-refractivity contribution < 1.29 is 34.0 Å². The second-order valence-electron chi connectivity index (χ2n) is 15.0. The van der Waals surface area contributed by atoms with E-state index in [1.807, 2.05) is 43.3 Å². The number of pyridine rings is 2. The average molecular weight is 886 g/mol. The van der Waals surface area contributed by atoms with Gasteiger partial charge in [-0.05, 0) is 108 Å². The largest absolute Gasteiger partial charge is 0.488 e. The number of rotatable bonds is 20. The Morgan fingerprint density at radius 1 is 0.667 bits per heavy atom. The highest BCUT2D eigenvalue weighted by Gasteiger charge is 2.18. The molecule has 0 aliphatic carbocycles. The third-order valence-electron chi connectivity index (χ3n) is 10.6. The van der Waals surface area contributed by atoms with E-state index in [1.54, 1.807) is 36.7 Å². The Bertz CT molecular complexity index is 2680. The van der Waals surface area contributed by atoms with Gasteiger partial charge in [0.25, 0.3) is 0 Å². The molecule has 13 heteroatoms. The van der Waals surface area contributed by atoms with Gasteiger partial charge >= 0.3 is 5.97 Å². The predicted octanol–water partition coefficient (Wildman–Crippen LogP) is 10.8. The fourth-order valence-electron chi connectivity index (χ4n) is 7.10. The van der Waals surface area contributed by atoms with Crippen LogP contribution in [-0.4, -0.2) is 32.3 Å². The zero-order chi connectivity index (χ0) is 44.9. The second kappa shape index (κ2) is 21.9. The molecule has 0 radical (unpaired) electrons. The normalized spacial score (nSPS) is 11.3. The molecule has 6 rings (SSSR count). The maximum absolute atomic E-state index is 11.1. The van der Waals surface area contributed by atoms with Crippen molar-refractivity contribution in [1.82, 2.24) is 9.97 Å². The summed E-state index contributed by atoms with van der Waals surface area (Å²) >= 11 is 13.5. The molecule has 1 atom stereocenters. The lowest BCUT2D eigenvalue weighted by molar-refractivity contribution is -0.139. The van der Waals surface area contributed by atoms with Gasteiger partial charge in [0, 0.05) is 48.0 Å². The van der Waals surface area contributed by atoms with Crippen molar-refractivity contribution in [2.24, 2.45) is 0 Å². The SMILES string of the molecule is CCc1cc(Cl)c(OCc2cccc(-c3cccc(COc4cc(OCc5cncc(C#N)c5)c(CCCC(O)CC(=O)O)cc4Cl)c3C)c2C)cc1OCc1cncc(C#N)c1. The molecule has 0 spiro atoms. The molecule has 1 unspecified atom stereocenters. The van der Waals surface area contributed by atoms with Gasteiger partial charge in [-0.25, -0.2) is 0 Å². The molecule has 0 aliphatic rings. The summed E-state index contributed by atoms with van der Waals surface area (Å²) in [5.41, 5.74) is 10.2. The number of hydrogen-bond acceptors (Lipinski definition) is 10. The van der Waals surface area contributed by atoms with Crippen LogP contribution in [0.25, 0.3) is 11.1 Å². The van der Waals surface area contributed by atoms with Crippen LogP contribution in [0, 0.1) is 36.5 Å². The van der Waals surface area contributed by atoms with E-state index < -0.39 is 12.1 Å². The monoisotopic (exact) mass is 884 g/mol. The van der Waals surface area contributed by atoms with Crippen LogP contribution in [0.15, 0.2) is 97.6 Å². The number of nitrogens with zero attached hydrogens (tertiary/aromatic N) is 4. The lowest BCUT2D eigenvalue weighted by atomic mass is 9.92. The van der Waals surface area contributed by atoms with E-state index >= 15 is 0 Å². The third kappa shape index (κ3) is 12.3. The Kier molecular flexibility index (Phi) is 16.0. The van der Waals surface area contributed by atoms with Crippen molar-refractivity contribution in [3.8, 4) is 46.3 Å². The highest BCUT2D eigenvalue weighted by atomic mass is 35.5. The van der Waals surface area contributed by atoms with Crippen molar-refractivity contribution in [1.29, 1.82) is 10.5 Å². The Morgan fingerprint density at radius 2 is 1.14 bits per heavy atom. The first kappa shape index (κ1) is 45.9. The Morgan fingerprint density at radius 3 is 1.62 bits per heavy atom. The van der Waals surface area contributed by atoms with Crippen LogP contribution in [0.3, 0.4) is 0 Å². The molecule has 0 saturated heterocycles. The first-order valence-electron chi connectivity index (χ1n) is 20.4. The topological polar surface area (TPSA) is 168 Å². The van der Waals surface area contributed by atoms with Gasteiger partial charge in [-0.3, -0.25) is 14.8 Å². The summed E-state index contributed by atoms with van der Waals surface area (Å²) in [7, 11) is 0. The highest BCUT2D eigenvalue weighted by Crippen LogP contribution is 2.38. The van der Waals surface area contributed by atoms with E-state index in [1.165, 1.54) is 12.4 Å². The lowest BCUT2D eigenvalue weighted by Crippen LogP contribution is -2.13. The molecular weight excluding hydrogens is 839 g/mol. The quantitative estimate of drug-likeness (QED) is 0.0748. The van der Waals surface area contributed by atoms with Gasteiger partial charge in [-0.1, -0.05) is 66.5 Å². The first-order valence-corrected chi connectivity index (χ1v) is 21.1. The van der Waals surface area contributed by atoms with Gasteiger partial charge in [-0.15, -0.1) is 0 Å². The van der Waals surface area contributed by atoms with Crippen molar-refractivity contribution in [3.63, 3.8) is 0 Å². The number of benzene rings is 4. The van der Waals surface area contributed by atoms with E-state index in [9.17, 15) is 20.4 Å². The van der Waals surface area contributed by atoms with Crippen LogP contribution in [0.2, 0.25) is 10.0 Å². The average Bonchev–Trinajstić information content (AvgIpc) is 3.28. The van der Waals surface area contributed by atoms with E-state index in [4.69, 9.17) is 47.3 Å². The Hall–Kier alpha value is -6.63. The zero-order valence-corrected chi connectivity index (χ0v) is 36.7. The van der Waals surface area contributed by atoms with Gasteiger partial charge in [0.05, 0.1) is 33.7 Å². The smallest absolute Gasteiger partial charge is 0.305 e.